The van der Waals surface area contributed by atoms with E-state index in [-0.39, 0.29) is 0 Å². The molecule has 19 heavy (non-hydrogen) atoms. The van der Waals surface area contributed by atoms with Crippen LogP contribution in [0.1, 0.15) is 32.3 Å². The highest BCUT2D eigenvalue weighted by Gasteiger charge is 2.14. The van der Waals surface area contributed by atoms with Crippen LogP contribution in [0, 0.1) is 5.92 Å². The summed E-state index contributed by atoms with van der Waals surface area (Å²) in [7, 11) is 0. The molecule has 1 heterocycles. The third kappa shape index (κ3) is 4.43. The zero-order chi connectivity index (χ0) is 13.5. The van der Waals surface area contributed by atoms with E-state index >= 15 is 0 Å². The van der Waals surface area contributed by atoms with Gasteiger partial charge in [-0.15, -0.1) is 0 Å². The summed E-state index contributed by atoms with van der Waals surface area (Å²) in [4.78, 5) is 0. The maximum atomic E-state index is 5.81. The highest BCUT2D eigenvalue weighted by atomic mass is 16.5. The van der Waals surface area contributed by atoms with E-state index in [1.165, 1.54) is 18.4 Å². The molecule has 3 nitrogen and oxygen atoms in total. The van der Waals surface area contributed by atoms with Crippen LogP contribution in [0.5, 0.6) is 11.5 Å². The zero-order valence-corrected chi connectivity index (χ0v) is 12.1. The fraction of sp³-hybridized carbons (Fsp3) is 0.625. The standard InChI is InChI=1S/C16H25NO2/c1-3-17-9-5-4-6-14-7-8-15-16(10-14)19-12-13(2)11-18-15/h7-8,10,13,17H,3-6,9,11-12H2,1-2H3. The van der Waals surface area contributed by atoms with Crippen LogP contribution in [0.15, 0.2) is 18.2 Å². The summed E-state index contributed by atoms with van der Waals surface area (Å²) in [5.74, 6) is 2.25. The quantitative estimate of drug-likeness (QED) is 0.800. The molecule has 0 fully saturated rings. The average molecular weight is 263 g/mol. The fourth-order valence-electron chi connectivity index (χ4n) is 2.21. The number of hydrogen-bond donors (Lipinski definition) is 1. The molecule has 0 saturated heterocycles. The summed E-state index contributed by atoms with van der Waals surface area (Å²) in [5, 5.41) is 3.35. The van der Waals surface area contributed by atoms with Crippen molar-refractivity contribution in [3.05, 3.63) is 23.8 Å². The summed E-state index contributed by atoms with van der Waals surface area (Å²) in [5.41, 5.74) is 1.34. The van der Waals surface area contributed by atoms with Crippen LogP contribution in [0.25, 0.3) is 0 Å². The number of aryl methyl sites for hydroxylation is 1. The second-order valence-electron chi connectivity index (χ2n) is 5.32. The number of unbranched alkanes of at least 4 members (excludes halogenated alkanes) is 1. The van der Waals surface area contributed by atoms with Crippen molar-refractivity contribution in [3.8, 4) is 11.5 Å². The molecule has 3 heteroatoms. The lowest BCUT2D eigenvalue weighted by atomic mass is 10.1. The lowest BCUT2D eigenvalue weighted by molar-refractivity contribution is 0.228. The van der Waals surface area contributed by atoms with Gasteiger partial charge in [0.2, 0.25) is 0 Å². The summed E-state index contributed by atoms with van der Waals surface area (Å²) in [6.45, 7) is 7.95. The predicted molar refractivity (Wildman–Crippen MR) is 78.1 cm³/mol. The Labute approximate surface area is 116 Å². The molecular formula is C16H25NO2. The number of nitrogens with one attached hydrogen (secondary N) is 1. The first kappa shape index (κ1) is 14.2. The van der Waals surface area contributed by atoms with Crippen molar-refractivity contribution < 1.29 is 9.47 Å². The maximum absolute atomic E-state index is 5.81. The van der Waals surface area contributed by atoms with Crippen LogP contribution in [0.4, 0.5) is 0 Å². The topological polar surface area (TPSA) is 30.5 Å². The first-order valence-corrected chi connectivity index (χ1v) is 7.39. The van der Waals surface area contributed by atoms with Gasteiger partial charge in [0.1, 0.15) is 0 Å². The SMILES string of the molecule is CCNCCCCc1ccc2c(c1)OCC(C)CO2. The molecule has 1 aromatic rings. The second kappa shape index (κ2) is 7.39. The van der Waals surface area contributed by atoms with Gasteiger partial charge in [-0.05, 0) is 50.0 Å². The lowest BCUT2D eigenvalue weighted by Gasteiger charge is -2.09. The number of rotatable bonds is 6. The van der Waals surface area contributed by atoms with Crippen LogP contribution >= 0.6 is 0 Å². The molecule has 0 aliphatic carbocycles. The molecule has 1 aliphatic heterocycles. The van der Waals surface area contributed by atoms with Crippen LogP contribution in [-0.4, -0.2) is 26.3 Å². The molecule has 1 N–H and O–H groups in total. The van der Waals surface area contributed by atoms with Crippen LogP contribution in [0.3, 0.4) is 0 Å². The zero-order valence-electron chi connectivity index (χ0n) is 12.1. The molecule has 1 aromatic carbocycles. The summed E-state index contributed by atoms with van der Waals surface area (Å²) in [6.07, 6.45) is 3.54. The number of benzene rings is 1. The van der Waals surface area contributed by atoms with E-state index in [0.29, 0.717) is 5.92 Å². The van der Waals surface area contributed by atoms with Crippen LogP contribution < -0.4 is 14.8 Å². The van der Waals surface area contributed by atoms with Gasteiger partial charge < -0.3 is 14.8 Å². The Balaban J connectivity index is 1.86. The van der Waals surface area contributed by atoms with E-state index in [1.807, 2.05) is 6.07 Å². The van der Waals surface area contributed by atoms with Gasteiger partial charge in [-0.25, -0.2) is 0 Å². The first-order chi connectivity index (χ1) is 9.29. The van der Waals surface area contributed by atoms with Crippen LogP contribution in [-0.2, 0) is 6.42 Å². The largest absolute Gasteiger partial charge is 0.489 e. The molecule has 0 spiro atoms. The van der Waals surface area contributed by atoms with E-state index in [4.69, 9.17) is 9.47 Å². The van der Waals surface area contributed by atoms with Gasteiger partial charge in [-0.2, -0.15) is 0 Å². The predicted octanol–water partition coefficient (Wildman–Crippen LogP) is 3.03. The molecule has 1 unspecified atom stereocenters. The Morgan fingerprint density at radius 2 is 1.95 bits per heavy atom. The van der Waals surface area contributed by atoms with Crippen molar-refractivity contribution in [1.82, 2.24) is 5.32 Å². The Kier molecular flexibility index (Phi) is 5.52. The van der Waals surface area contributed by atoms with E-state index in [0.717, 1.165) is 44.2 Å². The van der Waals surface area contributed by atoms with E-state index in [2.05, 4.69) is 31.3 Å². The van der Waals surface area contributed by atoms with Gasteiger partial charge >= 0.3 is 0 Å². The highest BCUT2D eigenvalue weighted by Crippen LogP contribution is 2.31. The van der Waals surface area contributed by atoms with Crippen molar-refractivity contribution in [2.45, 2.75) is 33.1 Å². The molecule has 0 saturated carbocycles. The molecule has 2 rings (SSSR count). The monoisotopic (exact) mass is 263 g/mol. The van der Waals surface area contributed by atoms with Gasteiger partial charge in [0.25, 0.3) is 0 Å². The minimum Gasteiger partial charge on any atom is -0.489 e. The van der Waals surface area contributed by atoms with Gasteiger partial charge in [-0.3, -0.25) is 0 Å². The smallest absolute Gasteiger partial charge is 0.161 e. The Hall–Kier alpha value is -1.22. The summed E-state index contributed by atoms with van der Waals surface area (Å²) in [6, 6.07) is 6.35. The van der Waals surface area contributed by atoms with E-state index in [1.54, 1.807) is 0 Å². The summed E-state index contributed by atoms with van der Waals surface area (Å²) < 4.78 is 11.5. The Bertz CT molecular complexity index is 392. The maximum Gasteiger partial charge on any atom is 0.161 e. The molecule has 106 valence electrons. The Morgan fingerprint density at radius 1 is 1.16 bits per heavy atom. The fourth-order valence-corrected chi connectivity index (χ4v) is 2.21. The molecule has 0 bridgehead atoms. The molecule has 0 radical (unpaired) electrons. The molecule has 0 amide bonds. The van der Waals surface area contributed by atoms with Crippen LogP contribution in [0.2, 0.25) is 0 Å². The van der Waals surface area contributed by atoms with Crippen molar-refractivity contribution >= 4 is 0 Å². The third-order valence-corrected chi connectivity index (χ3v) is 3.37. The first-order valence-electron chi connectivity index (χ1n) is 7.39. The van der Waals surface area contributed by atoms with E-state index < -0.39 is 0 Å². The van der Waals surface area contributed by atoms with Crippen molar-refractivity contribution in [3.63, 3.8) is 0 Å². The highest BCUT2D eigenvalue weighted by molar-refractivity contribution is 5.43. The minimum absolute atomic E-state index is 0.455. The lowest BCUT2D eigenvalue weighted by Crippen LogP contribution is -2.13. The van der Waals surface area contributed by atoms with Gasteiger partial charge in [0.15, 0.2) is 11.5 Å². The van der Waals surface area contributed by atoms with Gasteiger partial charge in [0.05, 0.1) is 13.2 Å². The number of ether oxygens (including phenoxy) is 2. The van der Waals surface area contributed by atoms with E-state index in [9.17, 15) is 0 Å². The second-order valence-corrected chi connectivity index (χ2v) is 5.32. The van der Waals surface area contributed by atoms with Gasteiger partial charge in [0, 0.05) is 5.92 Å². The minimum atomic E-state index is 0.455. The molecule has 1 aliphatic rings. The molecule has 1 atom stereocenters. The Morgan fingerprint density at radius 3 is 2.74 bits per heavy atom. The third-order valence-electron chi connectivity index (χ3n) is 3.37. The van der Waals surface area contributed by atoms with Crippen molar-refractivity contribution in [1.29, 1.82) is 0 Å². The van der Waals surface area contributed by atoms with Crippen molar-refractivity contribution in [2.75, 3.05) is 26.3 Å². The average Bonchev–Trinajstić information content (AvgIpc) is 2.61. The molecular weight excluding hydrogens is 238 g/mol. The molecule has 0 aromatic heterocycles. The van der Waals surface area contributed by atoms with Gasteiger partial charge in [-0.1, -0.05) is 19.9 Å². The normalized spacial score (nSPS) is 18.1. The number of fused-ring (bicyclic) bond motifs is 1. The summed E-state index contributed by atoms with van der Waals surface area (Å²) >= 11 is 0. The number of hydrogen-bond acceptors (Lipinski definition) is 3. The van der Waals surface area contributed by atoms with Crippen molar-refractivity contribution in [2.24, 2.45) is 5.92 Å².